The standard InChI is InChI=1S/C32H38ClN5O4/c1-22-19-27(39)29-28(22)30(36-21-35-29)37-15-17-38(18-16-37)31(40)26(24-10-12-25(33)13-11-24)9-5-6-14-34-32(41)42-20-23-7-3-2-4-8-23/h2-4,7-8,10-13,21-22,26-27,39H,5-6,9,14-20H2,1H3,(H,34,41)/t22-,26-,27-/m1/s1. The topological polar surface area (TPSA) is 108 Å². The minimum atomic E-state index is -0.546. The van der Waals surface area contributed by atoms with Crippen molar-refractivity contribution < 1.29 is 19.4 Å². The molecule has 1 fully saturated rings. The summed E-state index contributed by atoms with van der Waals surface area (Å²) in [5, 5.41) is 13.8. The van der Waals surface area contributed by atoms with Crippen LogP contribution in [0.4, 0.5) is 10.6 Å². The Kier molecular flexibility index (Phi) is 9.92. The Morgan fingerprint density at radius 3 is 2.52 bits per heavy atom. The molecule has 0 bridgehead atoms. The molecule has 3 atom stereocenters. The number of piperazine rings is 1. The van der Waals surface area contributed by atoms with Crippen LogP contribution < -0.4 is 10.2 Å². The van der Waals surface area contributed by atoms with Crippen LogP contribution in [0.2, 0.25) is 5.02 Å². The number of carbonyl (C=O) groups excluding carboxylic acids is 2. The van der Waals surface area contributed by atoms with Crippen molar-refractivity contribution in [1.29, 1.82) is 0 Å². The fourth-order valence-electron chi connectivity index (χ4n) is 5.88. The zero-order valence-electron chi connectivity index (χ0n) is 23.9. The number of hydrogen-bond donors (Lipinski definition) is 2. The number of anilines is 1. The predicted molar refractivity (Wildman–Crippen MR) is 161 cm³/mol. The van der Waals surface area contributed by atoms with E-state index in [1.54, 1.807) is 0 Å². The quantitative estimate of drug-likeness (QED) is 0.312. The number of halogens is 1. The number of nitrogens with one attached hydrogen (secondary N) is 1. The first-order chi connectivity index (χ1) is 20.4. The number of aliphatic hydroxyl groups excluding tert-OH is 1. The van der Waals surface area contributed by atoms with Crippen molar-refractivity contribution in [3.05, 3.63) is 88.3 Å². The highest BCUT2D eigenvalue weighted by Crippen LogP contribution is 2.42. The molecule has 2 heterocycles. The minimum absolute atomic E-state index is 0.101. The number of alkyl carbamates (subject to hydrolysis) is 1. The van der Waals surface area contributed by atoms with E-state index in [9.17, 15) is 14.7 Å². The second-order valence-electron chi connectivity index (χ2n) is 11.0. The molecule has 0 spiro atoms. The van der Waals surface area contributed by atoms with Crippen molar-refractivity contribution in [1.82, 2.24) is 20.2 Å². The maximum atomic E-state index is 13.8. The predicted octanol–water partition coefficient (Wildman–Crippen LogP) is 5.20. The SMILES string of the molecule is C[C@@H]1C[C@@H](O)c2ncnc(N3CCN(C(=O)[C@H](CCCCNC(=O)OCc4ccccc4)c4ccc(Cl)cc4)CC3)c21. The molecule has 0 unspecified atom stereocenters. The number of rotatable bonds is 10. The summed E-state index contributed by atoms with van der Waals surface area (Å²) in [5.74, 6) is 0.877. The number of hydrogen-bond acceptors (Lipinski definition) is 7. The lowest BCUT2D eigenvalue weighted by molar-refractivity contribution is -0.133. The van der Waals surface area contributed by atoms with Gasteiger partial charge in [0.25, 0.3) is 0 Å². The lowest BCUT2D eigenvalue weighted by Gasteiger charge is -2.38. The minimum Gasteiger partial charge on any atom is -0.445 e. The number of aliphatic hydroxyl groups is 1. The molecule has 1 aliphatic heterocycles. The smallest absolute Gasteiger partial charge is 0.407 e. The highest BCUT2D eigenvalue weighted by Gasteiger charge is 2.35. The van der Waals surface area contributed by atoms with E-state index < -0.39 is 12.2 Å². The van der Waals surface area contributed by atoms with Crippen molar-refractivity contribution in [3.63, 3.8) is 0 Å². The number of nitrogens with zero attached hydrogens (tertiary/aromatic N) is 4. The van der Waals surface area contributed by atoms with Gasteiger partial charge in [-0.2, -0.15) is 0 Å². The van der Waals surface area contributed by atoms with Gasteiger partial charge in [-0.3, -0.25) is 4.79 Å². The van der Waals surface area contributed by atoms with E-state index in [0.717, 1.165) is 41.0 Å². The van der Waals surface area contributed by atoms with Gasteiger partial charge in [-0.25, -0.2) is 14.8 Å². The van der Waals surface area contributed by atoms with E-state index in [-0.39, 0.29) is 24.3 Å². The van der Waals surface area contributed by atoms with Gasteiger partial charge in [0, 0.05) is 43.3 Å². The van der Waals surface area contributed by atoms with Crippen molar-refractivity contribution in [2.45, 2.75) is 57.2 Å². The van der Waals surface area contributed by atoms with E-state index >= 15 is 0 Å². The van der Waals surface area contributed by atoms with Crippen molar-refractivity contribution >= 4 is 29.4 Å². The normalized spacial score (nSPS) is 18.8. The molecule has 1 aromatic heterocycles. The first kappa shape index (κ1) is 29.8. The zero-order valence-corrected chi connectivity index (χ0v) is 24.7. The highest BCUT2D eigenvalue weighted by atomic mass is 35.5. The van der Waals surface area contributed by atoms with Crippen LogP contribution in [-0.2, 0) is 16.1 Å². The van der Waals surface area contributed by atoms with Crippen LogP contribution in [0.3, 0.4) is 0 Å². The molecule has 1 saturated heterocycles. The van der Waals surface area contributed by atoms with Gasteiger partial charge < -0.3 is 25.0 Å². The Morgan fingerprint density at radius 1 is 1.05 bits per heavy atom. The van der Waals surface area contributed by atoms with E-state index in [1.807, 2.05) is 59.5 Å². The van der Waals surface area contributed by atoms with Gasteiger partial charge in [-0.15, -0.1) is 0 Å². The van der Waals surface area contributed by atoms with Crippen LogP contribution in [-0.4, -0.2) is 64.7 Å². The third-order valence-electron chi connectivity index (χ3n) is 8.14. The number of benzene rings is 2. The molecule has 2 aliphatic rings. The fourth-order valence-corrected chi connectivity index (χ4v) is 6.01. The first-order valence-corrected chi connectivity index (χ1v) is 15.0. The van der Waals surface area contributed by atoms with Gasteiger partial charge in [0.05, 0.1) is 17.7 Å². The average Bonchev–Trinajstić information content (AvgIpc) is 3.32. The van der Waals surface area contributed by atoms with Gasteiger partial charge in [0.1, 0.15) is 18.8 Å². The molecule has 1 aliphatic carbocycles. The van der Waals surface area contributed by atoms with Crippen molar-refractivity contribution in [3.8, 4) is 0 Å². The summed E-state index contributed by atoms with van der Waals surface area (Å²) in [5.41, 5.74) is 3.64. The molecule has 5 rings (SSSR count). The third-order valence-corrected chi connectivity index (χ3v) is 8.39. The van der Waals surface area contributed by atoms with Gasteiger partial charge in [0.15, 0.2) is 0 Å². The summed E-state index contributed by atoms with van der Waals surface area (Å²) in [6.07, 6.45) is 3.36. The maximum absolute atomic E-state index is 13.8. The second kappa shape index (κ2) is 14.0. The molecule has 0 saturated carbocycles. The van der Waals surface area contributed by atoms with Crippen LogP contribution in [0, 0.1) is 0 Å². The molecule has 42 heavy (non-hydrogen) atoms. The molecule has 2 amide bonds. The summed E-state index contributed by atoms with van der Waals surface area (Å²) in [4.78, 5) is 38.9. The Bertz CT molecular complexity index is 1350. The molecule has 2 aromatic carbocycles. The number of fused-ring (bicyclic) bond motifs is 1. The number of carbonyl (C=O) groups is 2. The Hall–Kier alpha value is -3.69. The van der Waals surface area contributed by atoms with Crippen LogP contribution >= 0.6 is 11.6 Å². The van der Waals surface area contributed by atoms with E-state index in [0.29, 0.717) is 50.6 Å². The Morgan fingerprint density at radius 2 is 1.79 bits per heavy atom. The van der Waals surface area contributed by atoms with Crippen molar-refractivity contribution in [2.24, 2.45) is 0 Å². The number of aromatic nitrogens is 2. The third kappa shape index (κ3) is 7.20. The highest BCUT2D eigenvalue weighted by molar-refractivity contribution is 6.30. The molecule has 0 radical (unpaired) electrons. The summed E-state index contributed by atoms with van der Waals surface area (Å²) in [6.45, 7) is 5.32. The summed E-state index contributed by atoms with van der Waals surface area (Å²) in [6, 6.07) is 17.1. The van der Waals surface area contributed by atoms with Gasteiger partial charge in [-0.05, 0) is 48.4 Å². The summed E-state index contributed by atoms with van der Waals surface area (Å²) in [7, 11) is 0. The monoisotopic (exact) mass is 591 g/mol. The van der Waals surface area contributed by atoms with Crippen LogP contribution in [0.5, 0.6) is 0 Å². The van der Waals surface area contributed by atoms with Crippen molar-refractivity contribution in [2.75, 3.05) is 37.6 Å². The molecule has 10 heteroatoms. The van der Waals surface area contributed by atoms with E-state index in [4.69, 9.17) is 16.3 Å². The molecular formula is C32H38ClN5O4. The number of ether oxygens (including phenoxy) is 1. The Balaban J connectivity index is 1.14. The fraction of sp³-hybridized carbons (Fsp3) is 0.438. The van der Waals surface area contributed by atoms with Crippen LogP contribution in [0.1, 0.15) is 72.9 Å². The molecule has 3 aromatic rings. The number of unbranched alkanes of at least 4 members (excludes halogenated alkanes) is 1. The van der Waals surface area contributed by atoms with E-state index in [1.165, 1.54) is 6.33 Å². The van der Waals surface area contributed by atoms with Crippen LogP contribution in [0.15, 0.2) is 60.9 Å². The Labute approximate surface area is 251 Å². The molecular weight excluding hydrogens is 554 g/mol. The van der Waals surface area contributed by atoms with Gasteiger partial charge in [0.2, 0.25) is 5.91 Å². The lowest BCUT2D eigenvalue weighted by Crippen LogP contribution is -2.50. The van der Waals surface area contributed by atoms with E-state index in [2.05, 4.69) is 27.1 Å². The second-order valence-corrected chi connectivity index (χ2v) is 11.5. The van der Waals surface area contributed by atoms with Gasteiger partial charge in [-0.1, -0.05) is 67.4 Å². The summed E-state index contributed by atoms with van der Waals surface area (Å²) >= 11 is 6.14. The number of amides is 2. The zero-order chi connectivity index (χ0) is 29.5. The van der Waals surface area contributed by atoms with Gasteiger partial charge >= 0.3 is 6.09 Å². The average molecular weight is 592 g/mol. The molecule has 9 nitrogen and oxygen atoms in total. The lowest BCUT2D eigenvalue weighted by atomic mass is 9.91. The summed E-state index contributed by atoms with van der Waals surface area (Å²) < 4.78 is 5.28. The molecule has 222 valence electrons. The first-order valence-electron chi connectivity index (χ1n) is 14.7. The maximum Gasteiger partial charge on any atom is 0.407 e. The molecule has 2 N–H and O–H groups in total. The van der Waals surface area contributed by atoms with Crippen LogP contribution in [0.25, 0.3) is 0 Å². The largest absolute Gasteiger partial charge is 0.445 e.